The number of anilines is 6. The predicted molar refractivity (Wildman–Crippen MR) is 313 cm³/mol. The van der Waals surface area contributed by atoms with E-state index in [1.165, 1.54) is 80.3 Å². The van der Waals surface area contributed by atoms with E-state index < -0.39 is 0 Å². The lowest BCUT2D eigenvalue weighted by Gasteiger charge is -2.28. The minimum atomic E-state index is -0.127. The second-order valence-electron chi connectivity index (χ2n) is 19.8. The van der Waals surface area contributed by atoms with Crippen LogP contribution < -0.4 is 9.80 Å². The Hall–Kier alpha value is -8.48. The third-order valence-corrected chi connectivity index (χ3v) is 17.6. The Labute approximate surface area is 441 Å². The third-order valence-electron chi connectivity index (χ3n) is 15.0. The van der Waals surface area contributed by atoms with Crippen LogP contribution in [-0.2, 0) is 5.41 Å². The maximum Gasteiger partial charge on any atom is 0.0547 e. The molecule has 0 bridgehead atoms. The zero-order valence-electron chi connectivity index (χ0n) is 41.0. The van der Waals surface area contributed by atoms with E-state index in [1.807, 2.05) is 23.5 Å². The summed E-state index contributed by atoms with van der Waals surface area (Å²) in [7, 11) is 0. The monoisotopic (exact) mass is 983 g/mol. The Morgan fingerprint density at radius 2 is 0.703 bits per heavy atom. The van der Waals surface area contributed by atoms with Crippen molar-refractivity contribution in [3.05, 3.63) is 272 Å². The minimum absolute atomic E-state index is 0.127. The highest BCUT2D eigenvalue weighted by molar-refractivity contribution is 8.05. The van der Waals surface area contributed by atoms with Crippen LogP contribution in [0.15, 0.2) is 280 Å². The van der Waals surface area contributed by atoms with Gasteiger partial charge in [-0.15, -0.1) is 0 Å². The molecule has 0 atom stereocenters. The molecule has 1 aromatic heterocycles. The molecular formula is C69H49N3S2. The van der Waals surface area contributed by atoms with Crippen LogP contribution in [0.4, 0.5) is 34.1 Å². The Bertz CT molecular complexity index is 4020. The molecule has 0 spiro atoms. The van der Waals surface area contributed by atoms with E-state index in [2.05, 4.69) is 289 Å². The van der Waals surface area contributed by atoms with Gasteiger partial charge in [-0.25, -0.2) is 0 Å². The first-order chi connectivity index (χ1) is 36.4. The summed E-state index contributed by atoms with van der Waals surface area (Å²) in [5, 5.41) is 2.57. The number of benzene rings is 11. The highest BCUT2D eigenvalue weighted by Gasteiger charge is 2.38. The molecule has 0 saturated carbocycles. The average Bonchev–Trinajstić information content (AvgIpc) is 3.94. The second-order valence-corrected chi connectivity index (χ2v) is 21.9. The Morgan fingerprint density at radius 1 is 0.311 bits per heavy atom. The first-order valence-electron chi connectivity index (χ1n) is 25.3. The minimum Gasteiger partial charge on any atom is -0.311 e. The molecule has 12 aromatic rings. The summed E-state index contributed by atoms with van der Waals surface area (Å²) in [6, 6.07) is 95.3. The van der Waals surface area contributed by atoms with Gasteiger partial charge in [-0.3, -0.25) is 0 Å². The molecule has 1 aliphatic carbocycles. The number of hydrogen-bond acceptors (Lipinski definition) is 4. The maximum absolute atomic E-state index is 2.49. The zero-order chi connectivity index (χ0) is 49.3. The van der Waals surface area contributed by atoms with Gasteiger partial charge in [-0.1, -0.05) is 171 Å². The molecule has 0 fully saturated rings. The molecule has 3 nitrogen and oxygen atoms in total. The van der Waals surface area contributed by atoms with Crippen LogP contribution in [0.1, 0.15) is 25.0 Å². The number of nitrogens with zero attached hydrogens (tertiary/aromatic N) is 3. The largest absolute Gasteiger partial charge is 0.311 e. The summed E-state index contributed by atoms with van der Waals surface area (Å²) in [6.07, 6.45) is 0. The number of hydrogen-bond donors (Lipinski definition) is 0. The molecule has 5 heteroatoms. The van der Waals surface area contributed by atoms with Gasteiger partial charge in [-0.2, -0.15) is 0 Å². The molecule has 2 heterocycles. The molecule has 74 heavy (non-hydrogen) atoms. The normalized spacial score (nSPS) is 13.0. The van der Waals surface area contributed by atoms with Crippen LogP contribution in [0.5, 0.6) is 0 Å². The molecule has 14 rings (SSSR count). The van der Waals surface area contributed by atoms with E-state index in [1.54, 1.807) is 0 Å². The molecule has 1 aliphatic heterocycles. The van der Waals surface area contributed by atoms with Crippen LogP contribution in [0.3, 0.4) is 0 Å². The van der Waals surface area contributed by atoms with Gasteiger partial charge in [0.15, 0.2) is 0 Å². The first kappa shape index (κ1) is 44.2. The van der Waals surface area contributed by atoms with Crippen molar-refractivity contribution in [1.29, 1.82) is 0 Å². The highest BCUT2D eigenvalue weighted by Crippen LogP contribution is 2.57. The van der Waals surface area contributed by atoms with Gasteiger partial charge in [0.05, 0.1) is 11.0 Å². The van der Waals surface area contributed by atoms with E-state index in [0.717, 1.165) is 45.4 Å². The highest BCUT2D eigenvalue weighted by atomic mass is 32.2. The fourth-order valence-electron chi connectivity index (χ4n) is 11.3. The topological polar surface area (TPSA) is 11.4 Å². The smallest absolute Gasteiger partial charge is 0.0547 e. The van der Waals surface area contributed by atoms with Gasteiger partial charge in [0, 0.05) is 75.6 Å². The van der Waals surface area contributed by atoms with Crippen molar-refractivity contribution >= 4 is 79.5 Å². The van der Waals surface area contributed by atoms with Crippen LogP contribution in [0.25, 0.3) is 60.9 Å². The van der Waals surface area contributed by atoms with Crippen LogP contribution in [-0.4, -0.2) is 4.57 Å². The van der Waals surface area contributed by atoms with Gasteiger partial charge < -0.3 is 14.4 Å². The second kappa shape index (κ2) is 17.9. The quantitative estimate of drug-likeness (QED) is 0.143. The lowest BCUT2D eigenvalue weighted by Crippen LogP contribution is -2.15. The van der Waals surface area contributed by atoms with Gasteiger partial charge in [-0.05, 0) is 172 Å². The maximum atomic E-state index is 2.49. The molecule has 11 aromatic carbocycles. The number of rotatable bonds is 9. The lowest BCUT2D eigenvalue weighted by atomic mass is 9.82. The van der Waals surface area contributed by atoms with Crippen LogP contribution in [0.2, 0.25) is 0 Å². The van der Waals surface area contributed by atoms with E-state index in [0.29, 0.717) is 0 Å². The summed E-state index contributed by atoms with van der Waals surface area (Å²) in [6.45, 7) is 4.80. The summed E-state index contributed by atoms with van der Waals surface area (Å²) in [5.74, 6) is 0. The Kier molecular flexibility index (Phi) is 10.7. The van der Waals surface area contributed by atoms with Crippen molar-refractivity contribution in [2.75, 3.05) is 9.80 Å². The molecule has 2 aliphatic rings. The lowest BCUT2D eigenvalue weighted by molar-refractivity contribution is 0.658. The fraction of sp³-hybridized carbons (Fsp3) is 0.0435. The van der Waals surface area contributed by atoms with Crippen molar-refractivity contribution in [2.24, 2.45) is 0 Å². The average molecular weight is 984 g/mol. The third kappa shape index (κ3) is 7.54. The molecule has 0 saturated heterocycles. The summed E-state index contributed by atoms with van der Waals surface area (Å²) in [4.78, 5) is 10.0. The molecule has 0 amide bonds. The van der Waals surface area contributed by atoms with Crippen molar-refractivity contribution in [3.8, 4) is 39.1 Å². The summed E-state index contributed by atoms with van der Waals surface area (Å²) >= 11 is 3.80. The Morgan fingerprint density at radius 3 is 1.24 bits per heavy atom. The van der Waals surface area contributed by atoms with Crippen molar-refractivity contribution in [2.45, 2.75) is 38.8 Å². The standard InChI is InChI=1S/C69H49N3S2/c1-69(2)61-42-60-57-22-12-13-23-63(57)72(64(60)43-58(61)59-44-67-68(45-62(59)69)74-66-25-15-14-24-65(66)73-67)56-36-30-49(31-37-56)48-28-34-53(35-29-48)71(52-32-26-47(27-33-52)46-16-6-3-7-17-46)55-40-38-54(39-41-55)70(50-18-8-4-9-19-50)51-20-10-5-11-21-51/h3-45H,1-2H3. The zero-order valence-corrected chi connectivity index (χ0v) is 42.6. The van der Waals surface area contributed by atoms with E-state index in [9.17, 15) is 0 Å². The molecule has 0 radical (unpaired) electrons. The number of aromatic nitrogens is 1. The first-order valence-corrected chi connectivity index (χ1v) is 26.9. The van der Waals surface area contributed by atoms with Crippen molar-refractivity contribution in [1.82, 2.24) is 4.57 Å². The fourth-order valence-corrected chi connectivity index (χ4v) is 13.6. The summed E-state index contributed by atoms with van der Waals surface area (Å²) < 4.78 is 2.47. The predicted octanol–water partition coefficient (Wildman–Crippen LogP) is 20.0. The van der Waals surface area contributed by atoms with Gasteiger partial charge >= 0.3 is 0 Å². The van der Waals surface area contributed by atoms with Crippen molar-refractivity contribution in [3.63, 3.8) is 0 Å². The van der Waals surface area contributed by atoms with Gasteiger partial charge in [0.25, 0.3) is 0 Å². The van der Waals surface area contributed by atoms with Crippen molar-refractivity contribution < 1.29 is 0 Å². The van der Waals surface area contributed by atoms with E-state index in [-0.39, 0.29) is 5.41 Å². The van der Waals surface area contributed by atoms with Crippen LogP contribution >= 0.6 is 23.5 Å². The molecule has 352 valence electrons. The van der Waals surface area contributed by atoms with Gasteiger partial charge in [0.2, 0.25) is 0 Å². The summed E-state index contributed by atoms with van der Waals surface area (Å²) in [5.41, 5.74) is 20.2. The number of fused-ring (bicyclic) bond motifs is 8. The molecule has 0 unspecified atom stereocenters. The van der Waals surface area contributed by atoms with Crippen LogP contribution in [0, 0.1) is 0 Å². The molecular weight excluding hydrogens is 935 g/mol. The van der Waals surface area contributed by atoms with E-state index in [4.69, 9.17) is 0 Å². The SMILES string of the molecule is CC1(C)c2cc3c(cc2-c2cc4c(cc21)c1ccccc1n4-c1ccc(-c2ccc(N(c4ccc(-c5ccccc5)cc4)c4ccc(N(c5ccccc5)c5ccccc5)cc4)cc2)cc1)Sc1ccccc1S3. The van der Waals surface area contributed by atoms with Gasteiger partial charge in [0.1, 0.15) is 0 Å². The molecule has 0 N–H and O–H groups in total. The van der Waals surface area contributed by atoms with E-state index >= 15 is 0 Å². The Balaban J connectivity index is 0.808. The number of para-hydroxylation sites is 3.